The molecule has 3 rings (SSSR count). The van der Waals surface area contributed by atoms with Gasteiger partial charge in [0.15, 0.2) is 0 Å². The van der Waals surface area contributed by atoms with E-state index in [2.05, 4.69) is 22.3 Å². The van der Waals surface area contributed by atoms with E-state index < -0.39 is 0 Å². The van der Waals surface area contributed by atoms with E-state index in [0.717, 1.165) is 35.4 Å². The lowest BCUT2D eigenvalue weighted by Gasteiger charge is -2.21. The van der Waals surface area contributed by atoms with Gasteiger partial charge in [0.25, 0.3) is 0 Å². The van der Waals surface area contributed by atoms with Crippen LogP contribution in [0, 0.1) is 5.92 Å². The minimum absolute atomic E-state index is 0.473. The topological polar surface area (TPSA) is 47.4 Å². The van der Waals surface area contributed by atoms with Gasteiger partial charge in [0.1, 0.15) is 6.61 Å². The van der Waals surface area contributed by atoms with Crippen molar-refractivity contribution >= 4 is 28.9 Å². The highest BCUT2D eigenvalue weighted by Crippen LogP contribution is 2.32. The number of nitrogens with zero attached hydrogens (tertiary/aromatic N) is 3. The zero-order chi connectivity index (χ0) is 16.4. The Hall–Kier alpha value is -1.65. The third-order valence-electron chi connectivity index (χ3n) is 3.78. The Labute approximate surface area is 145 Å². The van der Waals surface area contributed by atoms with Gasteiger partial charge in [0, 0.05) is 16.1 Å². The SMILES string of the molecule is CCO/N=C1/C[C@H](C)Cc2nnc(-c3ccc(Cl)cc3Cl)cc21. The molecule has 0 amide bonds. The maximum absolute atomic E-state index is 6.28. The second-order valence-electron chi connectivity index (χ2n) is 5.68. The van der Waals surface area contributed by atoms with Crippen LogP contribution in [0.2, 0.25) is 10.0 Å². The summed E-state index contributed by atoms with van der Waals surface area (Å²) in [6.45, 7) is 4.64. The fourth-order valence-electron chi connectivity index (χ4n) is 2.72. The molecule has 0 aliphatic heterocycles. The number of rotatable bonds is 3. The summed E-state index contributed by atoms with van der Waals surface area (Å²) in [7, 11) is 0. The van der Waals surface area contributed by atoms with Gasteiger partial charge in [-0.15, -0.1) is 0 Å². The Morgan fingerprint density at radius 2 is 2.00 bits per heavy atom. The third kappa shape index (κ3) is 3.48. The average Bonchev–Trinajstić information content (AvgIpc) is 2.52. The molecule has 0 N–H and O–H groups in total. The highest BCUT2D eigenvalue weighted by Gasteiger charge is 2.24. The quantitative estimate of drug-likeness (QED) is 0.749. The Morgan fingerprint density at radius 3 is 2.74 bits per heavy atom. The predicted octanol–water partition coefficient (Wildman–Crippen LogP) is 4.77. The summed E-state index contributed by atoms with van der Waals surface area (Å²) in [6.07, 6.45) is 1.76. The van der Waals surface area contributed by atoms with Gasteiger partial charge in [-0.25, -0.2) is 0 Å². The molecule has 1 atom stereocenters. The van der Waals surface area contributed by atoms with Crippen LogP contribution >= 0.6 is 23.2 Å². The first-order valence-corrected chi connectivity index (χ1v) is 8.35. The van der Waals surface area contributed by atoms with Gasteiger partial charge in [0.05, 0.1) is 22.1 Å². The molecule has 1 aromatic carbocycles. The van der Waals surface area contributed by atoms with Crippen molar-refractivity contribution in [2.75, 3.05) is 6.61 Å². The maximum Gasteiger partial charge on any atom is 0.114 e. The van der Waals surface area contributed by atoms with Crippen LogP contribution in [0.5, 0.6) is 0 Å². The van der Waals surface area contributed by atoms with E-state index in [4.69, 9.17) is 28.0 Å². The largest absolute Gasteiger partial charge is 0.396 e. The second-order valence-corrected chi connectivity index (χ2v) is 6.53. The minimum Gasteiger partial charge on any atom is -0.396 e. The number of aromatic nitrogens is 2. The molecule has 4 nitrogen and oxygen atoms in total. The number of fused-ring (bicyclic) bond motifs is 1. The fraction of sp³-hybridized carbons (Fsp3) is 0.353. The molecule has 1 heterocycles. The fourth-order valence-corrected chi connectivity index (χ4v) is 3.22. The van der Waals surface area contributed by atoms with Crippen molar-refractivity contribution < 1.29 is 4.84 Å². The lowest BCUT2D eigenvalue weighted by atomic mass is 9.86. The smallest absolute Gasteiger partial charge is 0.114 e. The molecule has 2 aromatic rings. The normalized spacial score (nSPS) is 18.8. The van der Waals surface area contributed by atoms with E-state index in [1.165, 1.54) is 0 Å². The molecule has 1 aliphatic carbocycles. The highest BCUT2D eigenvalue weighted by atomic mass is 35.5. The molecule has 0 saturated carbocycles. The van der Waals surface area contributed by atoms with E-state index in [-0.39, 0.29) is 0 Å². The van der Waals surface area contributed by atoms with Gasteiger partial charge < -0.3 is 4.84 Å². The molecule has 6 heteroatoms. The molecule has 1 aromatic heterocycles. The second kappa shape index (κ2) is 6.85. The van der Waals surface area contributed by atoms with E-state index in [0.29, 0.717) is 28.3 Å². The van der Waals surface area contributed by atoms with Crippen LogP contribution in [-0.2, 0) is 11.3 Å². The Morgan fingerprint density at radius 1 is 1.17 bits per heavy atom. The summed E-state index contributed by atoms with van der Waals surface area (Å²) in [5.74, 6) is 0.473. The zero-order valence-corrected chi connectivity index (χ0v) is 14.5. The molecular weight excluding hydrogens is 333 g/mol. The van der Waals surface area contributed by atoms with Crippen molar-refractivity contribution in [3.05, 3.63) is 45.6 Å². The van der Waals surface area contributed by atoms with Crippen LogP contribution in [0.25, 0.3) is 11.3 Å². The summed E-state index contributed by atoms with van der Waals surface area (Å²) < 4.78 is 0. The molecule has 120 valence electrons. The van der Waals surface area contributed by atoms with Gasteiger partial charge in [-0.05, 0) is 49.9 Å². The van der Waals surface area contributed by atoms with Crippen molar-refractivity contribution in [3.8, 4) is 11.3 Å². The Bertz CT molecular complexity index is 761. The molecule has 0 spiro atoms. The molecular formula is C17H17Cl2N3O. The van der Waals surface area contributed by atoms with E-state index in [9.17, 15) is 0 Å². The zero-order valence-electron chi connectivity index (χ0n) is 13.0. The van der Waals surface area contributed by atoms with Crippen molar-refractivity contribution in [1.29, 1.82) is 0 Å². The standard InChI is InChI=1S/C17H17Cl2N3O/c1-3-23-22-17-7-10(2)6-15-13(17)9-16(21-20-15)12-5-4-11(18)8-14(12)19/h4-5,8-10H,3,6-7H2,1-2H3/b22-17-/t10-/m1/s1. The number of hydrogen-bond donors (Lipinski definition) is 0. The minimum atomic E-state index is 0.473. The highest BCUT2D eigenvalue weighted by molar-refractivity contribution is 6.36. The predicted molar refractivity (Wildman–Crippen MR) is 93.1 cm³/mol. The van der Waals surface area contributed by atoms with Crippen LogP contribution in [0.4, 0.5) is 0 Å². The first-order valence-electron chi connectivity index (χ1n) is 7.59. The summed E-state index contributed by atoms with van der Waals surface area (Å²) in [5, 5.41) is 14.1. The summed E-state index contributed by atoms with van der Waals surface area (Å²) >= 11 is 12.2. The van der Waals surface area contributed by atoms with Crippen LogP contribution < -0.4 is 0 Å². The van der Waals surface area contributed by atoms with E-state index >= 15 is 0 Å². The third-order valence-corrected chi connectivity index (χ3v) is 4.32. The molecule has 0 fully saturated rings. The summed E-state index contributed by atoms with van der Waals surface area (Å²) in [5.41, 5.74) is 4.38. The van der Waals surface area contributed by atoms with Crippen molar-refractivity contribution in [1.82, 2.24) is 10.2 Å². The van der Waals surface area contributed by atoms with Gasteiger partial charge in [-0.2, -0.15) is 10.2 Å². The van der Waals surface area contributed by atoms with Crippen LogP contribution in [0.3, 0.4) is 0 Å². The lowest BCUT2D eigenvalue weighted by molar-refractivity contribution is 0.157. The van der Waals surface area contributed by atoms with Crippen LogP contribution in [0.15, 0.2) is 29.4 Å². The van der Waals surface area contributed by atoms with Crippen molar-refractivity contribution in [2.24, 2.45) is 11.1 Å². The Balaban J connectivity index is 2.06. The van der Waals surface area contributed by atoms with E-state index in [1.807, 2.05) is 19.1 Å². The molecule has 1 aliphatic rings. The Kier molecular flexibility index (Phi) is 4.83. The number of oxime groups is 1. The van der Waals surface area contributed by atoms with Crippen molar-refractivity contribution in [3.63, 3.8) is 0 Å². The van der Waals surface area contributed by atoms with Crippen LogP contribution in [0.1, 0.15) is 31.5 Å². The van der Waals surface area contributed by atoms with Gasteiger partial charge in [-0.3, -0.25) is 0 Å². The first-order chi connectivity index (χ1) is 11.1. The molecule has 0 saturated heterocycles. The van der Waals surface area contributed by atoms with Crippen molar-refractivity contribution in [2.45, 2.75) is 26.7 Å². The average molecular weight is 350 g/mol. The van der Waals surface area contributed by atoms with Crippen LogP contribution in [-0.4, -0.2) is 22.5 Å². The van der Waals surface area contributed by atoms with Gasteiger partial charge in [-0.1, -0.05) is 35.3 Å². The number of benzene rings is 1. The maximum atomic E-state index is 6.28. The lowest BCUT2D eigenvalue weighted by Crippen LogP contribution is -2.21. The van der Waals surface area contributed by atoms with Gasteiger partial charge in [0.2, 0.25) is 0 Å². The molecule has 23 heavy (non-hydrogen) atoms. The number of hydrogen-bond acceptors (Lipinski definition) is 4. The van der Waals surface area contributed by atoms with Gasteiger partial charge >= 0.3 is 0 Å². The molecule has 0 bridgehead atoms. The molecule has 0 radical (unpaired) electrons. The number of halogens is 2. The monoisotopic (exact) mass is 349 g/mol. The summed E-state index contributed by atoms with van der Waals surface area (Å²) in [6, 6.07) is 7.34. The summed E-state index contributed by atoms with van der Waals surface area (Å²) in [4.78, 5) is 5.26. The molecule has 0 unspecified atom stereocenters. The first kappa shape index (κ1) is 16.2. The van der Waals surface area contributed by atoms with E-state index in [1.54, 1.807) is 12.1 Å².